The predicted molar refractivity (Wildman–Crippen MR) is 12.4 cm³/mol. The van der Waals surface area contributed by atoms with Gasteiger partial charge in [0.25, 0.3) is 5.09 Å². The standard InChI is InChI=1S/Dy.HNO3.H2O/c;2-1(3)4;/h;(H,2,3,4);1H2. The third-order valence-corrected chi connectivity index (χ3v) is 0. The van der Waals surface area contributed by atoms with Crippen molar-refractivity contribution in [1.82, 2.24) is 0 Å². The summed E-state index contributed by atoms with van der Waals surface area (Å²) in [6, 6.07) is 0. The Bertz CT molecular complexity index is 30.5. The van der Waals surface area contributed by atoms with Crippen LogP contribution in [0, 0.1) is 48.3 Å². The zero-order chi connectivity index (χ0) is 3.58. The molecule has 0 spiro atoms. The molecule has 0 aliphatic heterocycles. The molecule has 0 atom stereocenters. The largest absolute Gasteiger partial charge is 0.412 e. The number of hydrogen-bond acceptors (Lipinski definition) is 2. The molecule has 6 heteroatoms. The van der Waals surface area contributed by atoms with Crippen LogP contribution < -0.4 is 0 Å². The second-order valence-corrected chi connectivity index (χ2v) is 0.238. The summed E-state index contributed by atoms with van der Waals surface area (Å²) >= 11 is 0. The van der Waals surface area contributed by atoms with Gasteiger partial charge in [0.1, 0.15) is 0 Å². The summed E-state index contributed by atoms with van der Waals surface area (Å²) in [6.45, 7) is 0. The van der Waals surface area contributed by atoms with Crippen molar-refractivity contribution in [3.63, 3.8) is 0 Å². The Balaban J connectivity index is -0.0000000450. The van der Waals surface area contributed by atoms with Gasteiger partial charge in [-0.15, -0.1) is 10.1 Å². The van der Waals surface area contributed by atoms with Crippen LogP contribution >= 0.6 is 0 Å². The van der Waals surface area contributed by atoms with E-state index >= 15 is 0 Å². The van der Waals surface area contributed by atoms with Crippen LogP contribution in [0.3, 0.4) is 0 Å². The van der Waals surface area contributed by atoms with Crippen LogP contribution in [0.5, 0.6) is 0 Å². The molecule has 0 saturated heterocycles. The summed E-state index contributed by atoms with van der Waals surface area (Å²) in [5.74, 6) is 0. The molecule has 0 aliphatic carbocycles. The minimum absolute atomic E-state index is 0. The summed E-state index contributed by atoms with van der Waals surface area (Å²) in [5, 5.41) is 13.6. The second kappa shape index (κ2) is 9.06. The van der Waals surface area contributed by atoms with E-state index in [1.807, 2.05) is 0 Å². The molecule has 5 nitrogen and oxygen atoms in total. The number of hydrogen-bond donors (Lipinski definition) is 1. The van der Waals surface area contributed by atoms with Gasteiger partial charge in [-0.05, 0) is 0 Å². The van der Waals surface area contributed by atoms with Crippen LogP contribution in [0.25, 0.3) is 0 Å². The molecule has 0 aliphatic rings. The smallest absolute Gasteiger partial charge is 0.291 e. The molecule has 0 bridgehead atoms. The Kier molecular flexibility index (Phi) is 24.3. The molecular weight excluding hydrogens is 241 g/mol. The maximum Gasteiger partial charge on any atom is 0.291 e. The van der Waals surface area contributed by atoms with Gasteiger partial charge >= 0.3 is 0 Å². The van der Waals surface area contributed by atoms with Gasteiger partial charge in [-0.2, -0.15) is 0 Å². The fourth-order valence-electron chi connectivity index (χ4n) is 0. The molecule has 0 fully saturated rings. The van der Waals surface area contributed by atoms with Gasteiger partial charge in [-0.3, -0.25) is 0 Å². The summed E-state index contributed by atoms with van der Waals surface area (Å²) in [7, 11) is 0. The predicted octanol–water partition coefficient (Wildman–Crippen LogP) is -1.17. The van der Waals surface area contributed by atoms with Crippen molar-refractivity contribution >= 4 is 0 Å². The molecule has 0 aromatic rings. The van der Waals surface area contributed by atoms with Gasteiger partial charge in [0.15, 0.2) is 0 Å². The first-order valence-electron chi connectivity index (χ1n) is 0.565. The van der Waals surface area contributed by atoms with Gasteiger partial charge < -0.3 is 10.7 Å². The fourth-order valence-corrected chi connectivity index (χ4v) is 0. The first-order valence-corrected chi connectivity index (χ1v) is 0.565. The molecule has 0 radical (unpaired) electrons. The molecule has 0 aromatic carbocycles. The molecule has 0 unspecified atom stereocenters. The fraction of sp³-hybridized carbons (Fsp3) is 0. The Labute approximate surface area is 63.8 Å². The van der Waals surface area contributed by atoms with E-state index < -0.39 is 5.09 Å². The number of rotatable bonds is 0. The van der Waals surface area contributed by atoms with E-state index in [2.05, 4.69) is 0 Å². The van der Waals surface area contributed by atoms with Gasteiger partial charge in [-0.1, -0.05) is 0 Å². The maximum absolute atomic E-state index is 8.36. The van der Waals surface area contributed by atoms with Crippen LogP contribution in [0.4, 0.5) is 0 Å². The Morgan fingerprint density at radius 2 is 1.67 bits per heavy atom. The van der Waals surface area contributed by atoms with Gasteiger partial charge in [0, 0.05) is 38.2 Å². The normalized spacial score (nSPS) is 4.00. The molecule has 0 rings (SSSR count). The van der Waals surface area contributed by atoms with E-state index in [1.165, 1.54) is 0 Å². The minimum Gasteiger partial charge on any atom is -0.412 e. The van der Waals surface area contributed by atoms with Crippen LogP contribution in [0.2, 0.25) is 0 Å². The average Bonchev–Trinajstić information content (AvgIpc) is 0.811. The summed E-state index contributed by atoms with van der Waals surface area (Å²) in [6.07, 6.45) is 0. The van der Waals surface area contributed by atoms with E-state index in [-0.39, 0.29) is 43.6 Å². The summed E-state index contributed by atoms with van der Waals surface area (Å²) in [4.78, 5) is 8.36. The Morgan fingerprint density at radius 1 is 1.67 bits per heavy atom. The Morgan fingerprint density at radius 3 is 1.67 bits per heavy atom. The van der Waals surface area contributed by atoms with Crippen LogP contribution in [0.1, 0.15) is 0 Å². The molecule has 0 aromatic heterocycles. The molecule has 0 amide bonds. The van der Waals surface area contributed by atoms with E-state index in [4.69, 9.17) is 15.3 Å². The monoisotopic (exact) mass is 245 g/mol. The third kappa shape index (κ3) is 279. The molecule has 6 heavy (non-hydrogen) atoms. The van der Waals surface area contributed by atoms with E-state index in [1.54, 1.807) is 0 Å². The zero-order valence-electron chi connectivity index (χ0n) is 2.53. The van der Waals surface area contributed by atoms with Crippen LogP contribution in [-0.4, -0.2) is 15.8 Å². The molecule has 0 saturated carbocycles. The minimum atomic E-state index is -1.50. The van der Waals surface area contributed by atoms with Crippen molar-refractivity contribution in [3.05, 3.63) is 10.1 Å². The SMILES string of the molecule is O.O=[N+]([O-])O.[Dy]. The number of nitrogens with zero attached hydrogens (tertiary/aromatic N) is 1. The molecular formula is H3DyNO4. The topological polar surface area (TPSA) is 94.9 Å². The van der Waals surface area contributed by atoms with Crippen molar-refractivity contribution < 1.29 is 53.9 Å². The summed E-state index contributed by atoms with van der Waals surface area (Å²) < 4.78 is 0. The molecule has 0 heterocycles. The first-order chi connectivity index (χ1) is 1.73. The van der Waals surface area contributed by atoms with E-state index in [0.717, 1.165) is 0 Å². The quantitative estimate of drug-likeness (QED) is 0.429. The second-order valence-electron chi connectivity index (χ2n) is 0.238. The first kappa shape index (κ1) is 16.1. The van der Waals surface area contributed by atoms with Crippen molar-refractivity contribution in [2.45, 2.75) is 0 Å². The van der Waals surface area contributed by atoms with Crippen molar-refractivity contribution in [1.29, 1.82) is 0 Å². The van der Waals surface area contributed by atoms with Gasteiger partial charge in [0.05, 0.1) is 0 Å². The van der Waals surface area contributed by atoms with E-state index in [0.29, 0.717) is 0 Å². The van der Waals surface area contributed by atoms with E-state index in [9.17, 15) is 0 Å². The van der Waals surface area contributed by atoms with Crippen molar-refractivity contribution in [2.75, 3.05) is 0 Å². The van der Waals surface area contributed by atoms with Crippen LogP contribution in [0.15, 0.2) is 0 Å². The molecule has 42 valence electrons. The molecule has 3 N–H and O–H groups in total. The Hall–Kier alpha value is 0.433. The van der Waals surface area contributed by atoms with Gasteiger partial charge in [0.2, 0.25) is 0 Å². The maximum atomic E-state index is 8.36. The average molecular weight is 244 g/mol. The van der Waals surface area contributed by atoms with Crippen LogP contribution in [-0.2, 0) is 0 Å². The van der Waals surface area contributed by atoms with Crippen molar-refractivity contribution in [3.8, 4) is 0 Å². The van der Waals surface area contributed by atoms with Crippen molar-refractivity contribution in [2.24, 2.45) is 0 Å². The van der Waals surface area contributed by atoms with Gasteiger partial charge in [-0.25, -0.2) is 0 Å². The third-order valence-electron chi connectivity index (χ3n) is 0. The summed E-state index contributed by atoms with van der Waals surface area (Å²) in [5.41, 5.74) is 0. The zero-order valence-corrected chi connectivity index (χ0v) is 4.56.